The summed E-state index contributed by atoms with van der Waals surface area (Å²) in [6.45, 7) is 7.28. The molecule has 198 valence electrons. The highest BCUT2D eigenvalue weighted by Gasteiger charge is 2.33. The van der Waals surface area contributed by atoms with Crippen LogP contribution >= 0.6 is 0 Å². The van der Waals surface area contributed by atoms with E-state index in [0.29, 0.717) is 11.2 Å². The van der Waals surface area contributed by atoms with Crippen LogP contribution in [0.1, 0.15) is 50.3 Å². The van der Waals surface area contributed by atoms with Gasteiger partial charge in [0.2, 0.25) is 0 Å². The third-order valence-corrected chi connectivity index (χ3v) is 7.91. The first-order chi connectivity index (χ1) is 18.4. The largest absolute Gasteiger partial charge is 0.481 e. The van der Waals surface area contributed by atoms with E-state index >= 15 is 0 Å². The third kappa shape index (κ3) is 4.78. The van der Waals surface area contributed by atoms with E-state index in [0.717, 1.165) is 92.4 Å². The van der Waals surface area contributed by atoms with Crippen molar-refractivity contribution in [1.82, 2.24) is 24.4 Å². The number of carboxylic acid groups (broad SMARTS) is 1. The standard InChI is InChI=1S/C29H34N6O3/c1-20-23(18-27(36)37)28-33-14-10-29(2,11-15-33)38-16-5-3-4-12-34-13-9-24(31-34)21-7-6-8-22(17-21)25-19-26(30-20)35(28)32-25/h6-9,13,17,19H,3-5,10-12,14-16,18H2,1-2H3,(H,36,37). The average molecular weight is 515 g/mol. The lowest BCUT2D eigenvalue weighted by Gasteiger charge is -2.41. The number of nitrogens with zero attached hydrogens (tertiary/aromatic N) is 6. The Morgan fingerprint density at radius 3 is 2.61 bits per heavy atom. The number of aromatic nitrogens is 5. The van der Waals surface area contributed by atoms with Crippen molar-refractivity contribution < 1.29 is 14.6 Å². The molecule has 9 nitrogen and oxygen atoms in total. The van der Waals surface area contributed by atoms with Crippen molar-refractivity contribution >= 4 is 17.4 Å². The molecule has 1 fully saturated rings. The fraction of sp³-hybridized carbons (Fsp3) is 0.448. The van der Waals surface area contributed by atoms with Gasteiger partial charge in [-0.25, -0.2) is 4.98 Å². The number of hydrogen-bond donors (Lipinski definition) is 1. The van der Waals surface area contributed by atoms with Gasteiger partial charge in [0, 0.05) is 60.9 Å². The van der Waals surface area contributed by atoms with Gasteiger partial charge in [-0.3, -0.25) is 9.48 Å². The predicted octanol–water partition coefficient (Wildman–Crippen LogP) is 4.75. The van der Waals surface area contributed by atoms with Gasteiger partial charge in [0.25, 0.3) is 0 Å². The molecule has 0 saturated carbocycles. The number of aliphatic carboxylic acids is 1. The zero-order valence-electron chi connectivity index (χ0n) is 22.1. The van der Waals surface area contributed by atoms with Crippen LogP contribution in [-0.4, -0.2) is 60.8 Å². The smallest absolute Gasteiger partial charge is 0.308 e. The third-order valence-electron chi connectivity index (χ3n) is 7.91. The van der Waals surface area contributed by atoms with Crippen molar-refractivity contribution in [2.24, 2.45) is 0 Å². The van der Waals surface area contributed by atoms with Crippen LogP contribution in [0.2, 0.25) is 0 Å². The minimum absolute atomic E-state index is 0.0955. The van der Waals surface area contributed by atoms with Gasteiger partial charge < -0.3 is 14.7 Å². The molecule has 4 aromatic rings. The topological polar surface area (TPSA) is 97.8 Å². The summed E-state index contributed by atoms with van der Waals surface area (Å²) >= 11 is 0. The van der Waals surface area contributed by atoms with Gasteiger partial charge >= 0.3 is 5.97 Å². The Balaban J connectivity index is 1.48. The second kappa shape index (κ2) is 9.87. The molecular formula is C29H34N6O3. The summed E-state index contributed by atoms with van der Waals surface area (Å²) < 4.78 is 10.3. The lowest BCUT2D eigenvalue weighted by molar-refractivity contribution is -0.136. The number of fused-ring (bicyclic) bond motifs is 7. The average Bonchev–Trinajstić information content (AvgIpc) is 3.54. The molecule has 3 aliphatic heterocycles. The maximum Gasteiger partial charge on any atom is 0.308 e. The van der Waals surface area contributed by atoms with Crippen molar-refractivity contribution in [1.29, 1.82) is 0 Å². The number of hydrogen-bond acceptors (Lipinski definition) is 6. The second-order valence-corrected chi connectivity index (χ2v) is 10.8. The van der Waals surface area contributed by atoms with Gasteiger partial charge in [0.1, 0.15) is 5.82 Å². The molecule has 6 heterocycles. The number of aryl methyl sites for hydroxylation is 2. The van der Waals surface area contributed by atoms with Crippen molar-refractivity contribution in [2.75, 3.05) is 24.6 Å². The van der Waals surface area contributed by atoms with E-state index in [4.69, 9.17) is 19.9 Å². The molecule has 0 radical (unpaired) electrons. The first-order valence-electron chi connectivity index (χ1n) is 13.5. The summed E-state index contributed by atoms with van der Waals surface area (Å²) in [6.07, 6.45) is 6.88. The van der Waals surface area contributed by atoms with Crippen LogP contribution in [-0.2, 0) is 22.5 Å². The monoisotopic (exact) mass is 514 g/mol. The normalized spacial score (nSPS) is 17.7. The van der Waals surface area contributed by atoms with Gasteiger partial charge in [-0.1, -0.05) is 18.2 Å². The van der Waals surface area contributed by atoms with Gasteiger partial charge in [-0.2, -0.15) is 14.7 Å². The molecule has 1 aromatic carbocycles. The Bertz CT molecular complexity index is 1480. The van der Waals surface area contributed by atoms with Crippen molar-refractivity contribution in [3.63, 3.8) is 0 Å². The lowest BCUT2D eigenvalue weighted by atomic mass is 9.92. The quantitative estimate of drug-likeness (QED) is 0.412. The Labute approximate surface area is 222 Å². The molecule has 0 unspecified atom stereocenters. The molecule has 0 amide bonds. The van der Waals surface area contributed by atoms with E-state index in [9.17, 15) is 9.90 Å². The molecule has 1 N–H and O–H groups in total. The number of rotatable bonds is 2. The highest BCUT2D eigenvalue weighted by atomic mass is 16.5. The first-order valence-corrected chi connectivity index (χ1v) is 13.5. The summed E-state index contributed by atoms with van der Waals surface area (Å²) in [6, 6.07) is 12.3. The number of piperidine rings is 1. The van der Waals surface area contributed by atoms with Gasteiger partial charge in [-0.05, 0) is 58.1 Å². The fourth-order valence-corrected chi connectivity index (χ4v) is 5.64. The van der Waals surface area contributed by atoms with E-state index in [-0.39, 0.29) is 12.0 Å². The highest BCUT2D eigenvalue weighted by molar-refractivity contribution is 5.76. The highest BCUT2D eigenvalue weighted by Crippen LogP contribution is 2.34. The molecule has 7 rings (SSSR count). The molecule has 8 bridgehead atoms. The zero-order valence-corrected chi connectivity index (χ0v) is 22.1. The summed E-state index contributed by atoms with van der Waals surface area (Å²) in [5, 5.41) is 19.5. The summed E-state index contributed by atoms with van der Waals surface area (Å²) in [5.41, 5.74) is 5.71. The SMILES string of the molecule is Cc1nc2cc3nn2c(c1CC(=O)O)N1CCC(C)(CC1)OCCCCCn1ccc(n1)-c1cccc-3c1. The predicted molar refractivity (Wildman–Crippen MR) is 145 cm³/mol. The van der Waals surface area contributed by atoms with E-state index in [1.165, 1.54) is 0 Å². The molecule has 0 aliphatic carbocycles. The van der Waals surface area contributed by atoms with Gasteiger partial charge in [-0.15, -0.1) is 0 Å². The Hall–Kier alpha value is -3.72. The molecule has 3 aromatic heterocycles. The van der Waals surface area contributed by atoms with Crippen LogP contribution < -0.4 is 4.90 Å². The summed E-state index contributed by atoms with van der Waals surface area (Å²) in [7, 11) is 0. The maximum absolute atomic E-state index is 11.8. The number of anilines is 1. The molecular weight excluding hydrogens is 480 g/mol. The van der Waals surface area contributed by atoms with E-state index in [2.05, 4.69) is 30.0 Å². The molecule has 1 saturated heterocycles. The number of carboxylic acids is 1. The second-order valence-electron chi connectivity index (χ2n) is 10.8. The number of ether oxygens (including phenoxy) is 1. The van der Waals surface area contributed by atoms with Crippen molar-refractivity contribution in [3.05, 3.63) is 53.9 Å². The van der Waals surface area contributed by atoms with Crippen molar-refractivity contribution in [2.45, 2.75) is 64.5 Å². The zero-order chi connectivity index (χ0) is 26.3. The van der Waals surface area contributed by atoms with Crippen LogP contribution in [0, 0.1) is 6.92 Å². The number of carbonyl (C=O) groups is 1. The molecule has 0 spiro atoms. The minimum Gasteiger partial charge on any atom is -0.481 e. The van der Waals surface area contributed by atoms with Crippen LogP contribution in [0.4, 0.5) is 5.82 Å². The first kappa shape index (κ1) is 24.6. The molecule has 9 heteroatoms. The van der Waals surface area contributed by atoms with E-state index < -0.39 is 5.97 Å². The Morgan fingerprint density at radius 2 is 1.82 bits per heavy atom. The maximum atomic E-state index is 11.8. The van der Waals surface area contributed by atoms with Gasteiger partial charge in [0.15, 0.2) is 5.65 Å². The lowest BCUT2D eigenvalue weighted by Crippen LogP contribution is -2.45. The van der Waals surface area contributed by atoms with Crippen LogP contribution in [0.25, 0.3) is 28.2 Å². The minimum atomic E-state index is -0.873. The van der Waals surface area contributed by atoms with Crippen LogP contribution in [0.5, 0.6) is 0 Å². The van der Waals surface area contributed by atoms with Gasteiger partial charge in [0.05, 0.1) is 23.4 Å². The van der Waals surface area contributed by atoms with Crippen molar-refractivity contribution in [3.8, 4) is 22.5 Å². The summed E-state index contributed by atoms with van der Waals surface area (Å²) in [4.78, 5) is 18.9. The molecule has 38 heavy (non-hydrogen) atoms. The van der Waals surface area contributed by atoms with Crippen LogP contribution in [0.15, 0.2) is 42.6 Å². The van der Waals surface area contributed by atoms with E-state index in [1.807, 2.05) is 40.5 Å². The Morgan fingerprint density at radius 1 is 1.03 bits per heavy atom. The van der Waals surface area contributed by atoms with Crippen LogP contribution in [0.3, 0.4) is 0 Å². The number of benzene rings is 1. The fourth-order valence-electron chi connectivity index (χ4n) is 5.64. The molecule has 0 atom stereocenters. The summed E-state index contributed by atoms with van der Waals surface area (Å²) in [5.74, 6) is -0.0471. The van der Waals surface area contributed by atoms with E-state index in [1.54, 1.807) is 0 Å². The molecule has 3 aliphatic rings. The Kier molecular flexibility index (Phi) is 6.39.